The molecule has 1 heterocycles. The maximum absolute atomic E-state index is 13.7. The summed E-state index contributed by atoms with van der Waals surface area (Å²) in [7, 11) is 0. The molecular formula is C13H8Br2FN5. The third-order valence-electron chi connectivity index (χ3n) is 2.80. The van der Waals surface area contributed by atoms with E-state index in [1.54, 1.807) is 24.3 Å². The minimum absolute atomic E-state index is 0.382. The van der Waals surface area contributed by atoms with Crippen LogP contribution in [0.2, 0.25) is 0 Å². The molecule has 0 aliphatic heterocycles. The summed E-state index contributed by atoms with van der Waals surface area (Å²) in [4.78, 5) is 0. The molecule has 3 aromatic rings. The Morgan fingerprint density at radius 2 is 1.90 bits per heavy atom. The van der Waals surface area contributed by atoms with Gasteiger partial charge in [0.25, 0.3) is 0 Å². The molecule has 8 heteroatoms. The molecule has 106 valence electrons. The number of anilines is 1. The van der Waals surface area contributed by atoms with Gasteiger partial charge in [-0.25, -0.2) is 4.39 Å². The van der Waals surface area contributed by atoms with Crippen molar-refractivity contribution < 1.29 is 4.39 Å². The number of aromatic nitrogens is 4. The first kappa shape index (κ1) is 14.2. The first-order chi connectivity index (χ1) is 10.0. The molecule has 0 spiro atoms. The fraction of sp³-hybridized carbons (Fsp3) is 0. The van der Waals surface area contributed by atoms with E-state index in [0.29, 0.717) is 21.7 Å². The third-order valence-corrected chi connectivity index (χ3v) is 3.90. The quantitative estimate of drug-likeness (QED) is 0.653. The highest BCUT2D eigenvalue weighted by molar-refractivity contribution is 9.10. The second-order valence-electron chi connectivity index (χ2n) is 4.29. The van der Waals surface area contributed by atoms with Gasteiger partial charge in [0, 0.05) is 21.8 Å². The zero-order chi connectivity index (χ0) is 15.0. The van der Waals surface area contributed by atoms with E-state index in [4.69, 9.17) is 5.73 Å². The lowest BCUT2D eigenvalue weighted by atomic mass is 10.2. The van der Waals surface area contributed by atoms with E-state index in [1.807, 2.05) is 6.07 Å². The molecule has 0 amide bonds. The van der Waals surface area contributed by atoms with E-state index in [-0.39, 0.29) is 5.82 Å². The van der Waals surface area contributed by atoms with Gasteiger partial charge in [0.1, 0.15) is 5.82 Å². The van der Waals surface area contributed by atoms with Crippen LogP contribution in [0.25, 0.3) is 17.1 Å². The maximum Gasteiger partial charge on any atom is 0.187 e. The topological polar surface area (TPSA) is 69.6 Å². The number of nitrogen functional groups attached to an aromatic ring is 1. The Morgan fingerprint density at radius 1 is 1.10 bits per heavy atom. The lowest BCUT2D eigenvalue weighted by Gasteiger charge is -2.06. The van der Waals surface area contributed by atoms with Crippen molar-refractivity contribution in [2.75, 3.05) is 5.73 Å². The van der Waals surface area contributed by atoms with Gasteiger partial charge < -0.3 is 5.73 Å². The summed E-state index contributed by atoms with van der Waals surface area (Å²) in [6, 6.07) is 10.0. The molecule has 1 aromatic heterocycles. The molecule has 0 bridgehead atoms. The standard InChI is InChI=1S/C13H8Br2FN5/c14-8-3-7(4-9(17)5-8)13-18-19-20-21(13)10-1-2-11(15)12(16)6-10/h1-6H,17H2. The van der Waals surface area contributed by atoms with Crippen LogP contribution in [0, 0.1) is 5.82 Å². The molecule has 0 unspecified atom stereocenters. The molecule has 3 rings (SSSR count). The first-order valence-electron chi connectivity index (χ1n) is 5.85. The van der Waals surface area contributed by atoms with Crippen molar-refractivity contribution in [1.82, 2.24) is 20.2 Å². The van der Waals surface area contributed by atoms with Crippen molar-refractivity contribution in [2.45, 2.75) is 0 Å². The van der Waals surface area contributed by atoms with Gasteiger partial charge in [-0.3, -0.25) is 0 Å². The van der Waals surface area contributed by atoms with Crippen LogP contribution in [0.3, 0.4) is 0 Å². The number of hydrogen-bond donors (Lipinski definition) is 1. The SMILES string of the molecule is Nc1cc(Br)cc(-c2nnnn2-c2ccc(Br)c(F)c2)c1. The predicted molar refractivity (Wildman–Crippen MR) is 84.4 cm³/mol. The second kappa shape index (κ2) is 5.53. The fourth-order valence-electron chi connectivity index (χ4n) is 1.90. The lowest BCUT2D eigenvalue weighted by Crippen LogP contribution is -2.01. The van der Waals surface area contributed by atoms with Crippen LogP contribution >= 0.6 is 31.9 Å². The largest absolute Gasteiger partial charge is 0.399 e. The Kier molecular flexibility index (Phi) is 3.73. The first-order valence-corrected chi connectivity index (χ1v) is 7.43. The number of hydrogen-bond acceptors (Lipinski definition) is 4. The van der Waals surface area contributed by atoms with E-state index in [2.05, 4.69) is 47.4 Å². The maximum atomic E-state index is 13.7. The van der Waals surface area contributed by atoms with Gasteiger partial charge in [0.15, 0.2) is 5.82 Å². The molecule has 2 N–H and O–H groups in total. The molecule has 5 nitrogen and oxygen atoms in total. The summed E-state index contributed by atoms with van der Waals surface area (Å²) in [6.07, 6.45) is 0. The minimum Gasteiger partial charge on any atom is -0.399 e. The van der Waals surface area contributed by atoms with E-state index in [0.717, 1.165) is 10.0 Å². The van der Waals surface area contributed by atoms with Gasteiger partial charge in [-0.2, -0.15) is 4.68 Å². The highest BCUT2D eigenvalue weighted by Crippen LogP contribution is 2.27. The summed E-state index contributed by atoms with van der Waals surface area (Å²) in [5.41, 5.74) is 7.66. The van der Waals surface area contributed by atoms with Crippen molar-refractivity contribution in [3.8, 4) is 17.1 Å². The Morgan fingerprint density at radius 3 is 2.62 bits per heavy atom. The van der Waals surface area contributed by atoms with Crippen molar-refractivity contribution in [3.05, 3.63) is 51.2 Å². The second-order valence-corrected chi connectivity index (χ2v) is 6.06. The predicted octanol–water partition coefficient (Wildman–Crippen LogP) is 3.58. The van der Waals surface area contributed by atoms with Crippen LogP contribution in [0.5, 0.6) is 0 Å². The molecule has 0 radical (unpaired) electrons. The van der Waals surface area contributed by atoms with Crippen LogP contribution in [0.1, 0.15) is 0 Å². The van der Waals surface area contributed by atoms with Gasteiger partial charge in [-0.05, 0) is 56.7 Å². The van der Waals surface area contributed by atoms with Gasteiger partial charge in [-0.15, -0.1) is 5.10 Å². The van der Waals surface area contributed by atoms with E-state index >= 15 is 0 Å². The van der Waals surface area contributed by atoms with Crippen LogP contribution in [-0.2, 0) is 0 Å². The third kappa shape index (κ3) is 2.81. The number of benzene rings is 2. The monoisotopic (exact) mass is 411 g/mol. The highest BCUT2D eigenvalue weighted by atomic mass is 79.9. The molecule has 0 aliphatic rings. The number of nitrogens with zero attached hydrogens (tertiary/aromatic N) is 4. The summed E-state index contributed by atoms with van der Waals surface area (Å²) in [6.45, 7) is 0. The molecule has 0 aliphatic carbocycles. The Labute approximate surface area is 136 Å². The molecule has 2 aromatic carbocycles. The molecule has 0 fully saturated rings. The van der Waals surface area contributed by atoms with Crippen molar-refractivity contribution in [1.29, 1.82) is 0 Å². The van der Waals surface area contributed by atoms with Crippen LogP contribution in [0.15, 0.2) is 45.3 Å². The van der Waals surface area contributed by atoms with E-state index < -0.39 is 0 Å². The molecular weight excluding hydrogens is 405 g/mol. The van der Waals surface area contributed by atoms with E-state index in [1.165, 1.54) is 10.7 Å². The number of halogens is 3. The highest BCUT2D eigenvalue weighted by Gasteiger charge is 2.13. The summed E-state index contributed by atoms with van der Waals surface area (Å²) in [5, 5.41) is 11.6. The van der Waals surface area contributed by atoms with Crippen LogP contribution < -0.4 is 5.73 Å². The summed E-state index contributed by atoms with van der Waals surface area (Å²) < 4.78 is 16.3. The average molecular weight is 413 g/mol. The van der Waals surface area contributed by atoms with Gasteiger partial charge >= 0.3 is 0 Å². The van der Waals surface area contributed by atoms with Crippen LogP contribution in [-0.4, -0.2) is 20.2 Å². The smallest absolute Gasteiger partial charge is 0.187 e. The minimum atomic E-state index is -0.386. The van der Waals surface area contributed by atoms with Crippen molar-refractivity contribution in [2.24, 2.45) is 0 Å². The zero-order valence-corrected chi connectivity index (χ0v) is 13.6. The Bertz CT molecular complexity index is 798. The summed E-state index contributed by atoms with van der Waals surface area (Å²) >= 11 is 6.49. The lowest BCUT2D eigenvalue weighted by molar-refractivity contribution is 0.618. The molecule has 0 saturated heterocycles. The van der Waals surface area contributed by atoms with Gasteiger partial charge in [0.2, 0.25) is 0 Å². The average Bonchev–Trinajstić information content (AvgIpc) is 2.90. The summed E-state index contributed by atoms with van der Waals surface area (Å²) in [5.74, 6) is 0.0902. The van der Waals surface area contributed by atoms with Crippen molar-refractivity contribution >= 4 is 37.5 Å². The molecule has 21 heavy (non-hydrogen) atoms. The van der Waals surface area contributed by atoms with Crippen LogP contribution in [0.4, 0.5) is 10.1 Å². The Hall–Kier alpha value is -1.80. The molecule has 0 atom stereocenters. The van der Waals surface area contributed by atoms with E-state index in [9.17, 15) is 4.39 Å². The molecule has 0 saturated carbocycles. The van der Waals surface area contributed by atoms with Gasteiger partial charge in [0.05, 0.1) is 10.2 Å². The number of nitrogens with two attached hydrogens (primary N) is 1. The zero-order valence-electron chi connectivity index (χ0n) is 10.5. The van der Waals surface area contributed by atoms with Gasteiger partial charge in [-0.1, -0.05) is 15.9 Å². The van der Waals surface area contributed by atoms with Crippen molar-refractivity contribution in [3.63, 3.8) is 0 Å². The Balaban J connectivity index is 2.14. The number of tetrazole rings is 1. The normalized spacial score (nSPS) is 10.8. The number of rotatable bonds is 2. The fourth-order valence-corrected chi connectivity index (χ4v) is 2.66.